The van der Waals surface area contributed by atoms with Gasteiger partial charge in [0.2, 0.25) is 0 Å². The van der Waals surface area contributed by atoms with Crippen molar-refractivity contribution in [3.05, 3.63) is 74.7 Å². The van der Waals surface area contributed by atoms with Crippen molar-refractivity contribution in [1.29, 1.82) is 0 Å². The predicted molar refractivity (Wildman–Crippen MR) is 120 cm³/mol. The van der Waals surface area contributed by atoms with Gasteiger partial charge in [0.05, 0.1) is 29.6 Å². The third-order valence-corrected chi connectivity index (χ3v) is 6.44. The van der Waals surface area contributed by atoms with Crippen LogP contribution in [0.2, 0.25) is 0 Å². The number of hydrogen-bond acceptors (Lipinski definition) is 6. The van der Waals surface area contributed by atoms with Gasteiger partial charge >= 0.3 is 4.87 Å². The highest BCUT2D eigenvalue weighted by Crippen LogP contribution is 2.35. The zero-order chi connectivity index (χ0) is 21.4. The van der Waals surface area contributed by atoms with Crippen molar-refractivity contribution >= 4 is 21.6 Å². The second-order valence-electron chi connectivity index (χ2n) is 7.51. The molecule has 5 rings (SSSR count). The van der Waals surface area contributed by atoms with Crippen LogP contribution in [0, 0.1) is 0 Å². The molecule has 1 saturated carbocycles. The summed E-state index contributed by atoms with van der Waals surface area (Å²) in [7, 11) is 1.61. The molecule has 1 aliphatic rings. The molecule has 31 heavy (non-hydrogen) atoms. The Bertz CT molecular complexity index is 1370. The van der Waals surface area contributed by atoms with Crippen LogP contribution in [0.4, 0.5) is 0 Å². The smallest absolute Gasteiger partial charge is 0.328 e. The van der Waals surface area contributed by atoms with E-state index < -0.39 is 5.56 Å². The average Bonchev–Trinajstić information content (AvgIpc) is 3.40. The summed E-state index contributed by atoms with van der Waals surface area (Å²) in [6, 6.07) is 14.4. The molecule has 0 unspecified atom stereocenters. The topological polar surface area (TPSA) is 75.4 Å². The Hall–Kier alpha value is -3.39. The molecule has 1 fully saturated rings. The Labute approximate surface area is 182 Å². The van der Waals surface area contributed by atoms with E-state index in [1.54, 1.807) is 19.4 Å². The minimum absolute atomic E-state index is 0.189. The van der Waals surface area contributed by atoms with Crippen LogP contribution >= 0.6 is 11.3 Å². The molecule has 0 amide bonds. The fourth-order valence-corrected chi connectivity index (χ4v) is 4.83. The number of hydrogen-bond donors (Lipinski definition) is 0. The summed E-state index contributed by atoms with van der Waals surface area (Å²) in [5.74, 6) is 1.32. The molecule has 158 valence electrons. The second kappa shape index (κ2) is 8.03. The lowest BCUT2D eigenvalue weighted by Gasteiger charge is -2.17. The molecule has 2 aromatic heterocycles. The van der Waals surface area contributed by atoms with E-state index in [1.165, 1.54) is 23.6 Å². The van der Waals surface area contributed by atoms with Crippen LogP contribution in [0.5, 0.6) is 11.5 Å². The van der Waals surface area contributed by atoms with Gasteiger partial charge in [0.25, 0.3) is 5.56 Å². The largest absolute Gasteiger partial charge is 0.493 e. The lowest BCUT2D eigenvalue weighted by Crippen LogP contribution is -2.33. The maximum atomic E-state index is 12.9. The lowest BCUT2D eigenvalue weighted by molar-refractivity contribution is 0.201. The van der Waals surface area contributed by atoms with Gasteiger partial charge in [-0.1, -0.05) is 29.5 Å². The van der Waals surface area contributed by atoms with Gasteiger partial charge in [-0.3, -0.25) is 9.59 Å². The molecule has 0 radical (unpaired) electrons. The third-order valence-electron chi connectivity index (χ3n) is 5.53. The fourth-order valence-electron chi connectivity index (χ4n) is 3.98. The molecule has 2 heterocycles. The molecule has 0 spiro atoms. The molecule has 0 N–H and O–H groups in total. The SMILES string of the molecule is COc1ccc(-c2cnn(-n3c(=O)sc4ccccc43)c(=O)c2)cc1OC1CCCC1. The summed E-state index contributed by atoms with van der Waals surface area (Å²) >= 11 is 1.08. The molecule has 0 saturated heterocycles. The highest BCUT2D eigenvalue weighted by Gasteiger charge is 2.19. The van der Waals surface area contributed by atoms with E-state index in [0.29, 0.717) is 22.6 Å². The number of methoxy groups -OCH3 is 1. The molecular formula is C23H21N3O4S. The van der Waals surface area contributed by atoms with E-state index in [2.05, 4.69) is 5.10 Å². The van der Waals surface area contributed by atoms with Crippen molar-refractivity contribution in [1.82, 2.24) is 14.6 Å². The zero-order valence-corrected chi connectivity index (χ0v) is 17.8. The number of rotatable bonds is 5. The quantitative estimate of drug-likeness (QED) is 0.475. The maximum absolute atomic E-state index is 12.9. The number of thiazole rings is 1. The summed E-state index contributed by atoms with van der Waals surface area (Å²) in [6.07, 6.45) is 6.19. The third kappa shape index (κ3) is 3.63. The predicted octanol–water partition coefficient (Wildman–Crippen LogP) is 3.93. The van der Waals surface area contributed by atoms with Crippen molar-refractivity contribution in [2.24, 2.45) is 0 Å². The summed E-state index contributed by atoms with van der Waals surface area (Å²) < 4.78 is 13.7. The maximum Gasteiger partial charge on any atom is 0.328 e. The number of aromatic nitrogens is 3. The number of benzene rings is 2. The Morgan fingerprint density at radius 1 is 1.00 bits per heavy atom. The van der Waals surface area contributed by atoms with Crippen molar-refractivity contribution in [2.45, 2.75) is 31.8 Å². The molecule has 0 atom stereocenters. The molecule has 1 aliphatic carbocycles. The van der Waals surface area contributed by atoms with Gasteiger partial charge in [-0.2, -0.15) is 9.77 Å². The number of fused-ring (bicyclic) bond motifs is 1. The normalized spacial score (nSPS) is 14.2. The van der Waals surface area contributed by atoms with Crippen molar-refractivity contribution in [3.8, 4) is 22.6 Å². The lowest BCUT2D eigenvalue weighted by atomic mass is 10.1. The molecule has 7 nitrogen and oxygen atoms in total. The van der Waals surface area contributed by atoms with Gasteiger partial charge in [-0.05, 0) is 55.5 Å². The summed E-state index contributed by atoms with van der Waals surface area (Å²) in [5, 5.41) is 4.29. The first-order valence-corrected chi connectivity index (χ1v) is 11.0. The molecule has 8 heteroatoms. The van der Waals surface area contributed by atoms with E-state index >= 15 is 0 Å². The highest BCUT2D eigenvalue weighted by molar-refractivity contribution is 7.16. The Balaban J connectivity index is 1.53. The average molecular weight is 436 g/mol. The first kappa shape index (κ1) is 19.6. The fraction of sp³-hybridized carbons (Fsp3) is 0.261. The van der Waals surface area contributed by atoms with E-state index in [1.807, 2.05) is 36.4 Å². The minimum Gasteiger partial charge on any atom is -0.493 e. The van der Waals surface area contributed by atoms with Crippen LogP contribution in [0.1, 0.15) is 25.7 Å². The second-order valence-corrected chi connectivity index (χ2v) is 8.50. The van der Waals surface area contributed by atoms with Crippen LogP contribution in [0.3, 0.4) is 0 Å². The van der Waals surface area contributed by atoms with Gasteiger partial charge in [0.1, 0.15) is 0 Å². The summed E-state index contributed by atoms with van der Waals surface area (Å²) in [5.41, 5.74) is 1.70. The Morgan fingerprint density at radius 2 is 1.81 bits per heavy atom. The number of para-hydroxylation sites is 1. The minimum atomic E-state index is -0.391. The molecule has 0 bridgehead atoms. The van der Waals surface area contributed by atoms with Gasteiger partial charge in [-0.15, -0.1) is 4.79 Å². The van der Waals surface area contributed by atoms with Crippen LogP contribution in [-0.4, -0.2) is 27.8 Å². The van der Waals surface area contributed by atoms with Gasteiger partial charge in [0, 0.05) is 11.6 Å². The Morgan fingerprint density at radius 3 is 2.58 bits per heavy atom. The van der Waals surface area contributed by atoms with E-state index in [9.17, 15) is 9.59 Å². The van der Waals surface area contributed by atoms with Gasteiger partial charge in [-0.25, -0.2) is 0 Å². The van der Waals surface area contributed by atoms with E-state index in [4.69, 9.17) is 9.47 Å². The van der Waals surface area contributed by atoms with Crippen molar-refractivity contribution < 1.29 is 9.47 Å². The Kier molecular flexibility index (Phi) is 5.07. The number of nitrogens with zero attached hydrogens (tertiary/aromatic N) is 3. The highest BCUT2D eigenvalue weighted by atomic mass is 32.1. The summed E-state index contributed by atoms with van der Waals surface area (Å²) in [6.45, 7) is 0. The molecule has 2 aromatic carbocycles. The van der Waals surface area contributed by atoms with Crippen LogP contribution in [0.15, 0.2) is 64.3 Å². The first-order chi connectivity index (χ1) is 15.1. The molecule has 4 aromatic rings. The number of ether oxygens (including phenoxy) is 2. The van der Waals surface area contributed by atoms with Crippen molar-refractivity contribution in [2.75, 3.05) is 7.11 Å². The summed E-state index contributed by atoms with van der Waals surface area (Å²) in [4.78, 5) is 26.2. The molecular weight excluding hydrogens is 414 g/mol. The van der Waals surface area contributed by atoms with Crippen molar-refractivity contribution in [3.63, 3.8) is 0 Å². The van der Waals surface area contributed by atoms with Gasteiger partial charge in [0.15, 0.2) is 11.5 Å². The van der Waals surface area contributed by atoms with Crippen LogP contribution in [0.25, 0.3) is 21.3 Å². The van der Waals surface area contributed by atoms with Crippen LogP contribution < -0.4 is 19.9 Å². The van der Waals surface area contributed by atoms with E-state index in [-0.39, 0.29) is 11.0 Å². The monoisotopic (exact) mass is 435 g/mol. The van der Waals surface area contributed by atoms with Gasteiger partial charge < -0.3 is 9.47 Å². The standard InChI is InChI=1S/C23H21N3O4S/c1-29-19-11-10-15(12-20(19)30-17-6-2-3-7-17)16-13-22(27)26(24-14-16)25-18-8-4-5-9-21(18)31-23(25)28/h4-5,8-14,17H,2-3,6-7H2,1H3. The molecule has 0 aliphatic heterocycles. The van der Waals surface area contributed by atoms with E-state index in [0.717, 1.165) is 39.2 Å². The van der Waals surface area contributed by atoms with Crippen LogP contribution in [-0.2, 0) is 0 Å². The zero-order valence-electron chi connectivity index (χ0n) is 17.0. The first-order valence-electron chi connectivity index (χ1n) is 10.2.